The van der Waals surface area contributed by atoms with Crippen LogP contribution in [0.5, 0.6) is 0 Å². The number of hydrogen-bond donors (Lipinski definition) is 1. The van der Waals surface area contributed by atoms with Gasteiger partial charge in [0.25, 0.3) is 5.91 Å². The van der Waals surface area contributed by atoms with Gasteiger partial charge < -0.3 is 14.8 Å². The van der Waals surface area contributed by atoms with E-state index in [0.29, 0.717) is 0 Å². The first kappa shape index (κ1) is 15.5. The molecule has 1 aromatic carbocycles. The highest BCUT2D eigenvalue weighted by Gasteiger charge is 2.43. The Kier molecular flexibility index (Phi) is 4.32. The number of alkyl halides is 3. The van der Waals surface area contributed by atoms with E-state index in [9.17, 15) is 18.0 Å². The normalized spacial score (nSPS) is 15.3. The molecule has 1 N–H and O–H groups in total. The Hall–Kier alpha value is -1.89. The summed E-state index contributed by atoms with van der Waals surface area (Å²) in [5.74, 6) is -3.40. The Morgan fingerprint density at radius 1 is 1.29 bits per heavy atom. The second-order valence-electron chi connectivity index (χ2n) is 4.29. The summed E-state index contributed by atoms with van der Waals surface area (Å²) >= 11 is 5.91. The van der Waals surface area contributed by atoms with Crippen LogP contribution in [0.2, 0.25) is 5.02 Å². The topological polar surface area (TPSA) is 47.6 Å². The first-order valence-electron chi connectivity index (χ1n) is 5.93. The average Bonchev–Trinajstić information content (AvgIpc) is 2.41. The molecule has 0 bridgehead atoms. The van der Waals surface area contributed by atoms with Crippen LogP contribution < -0.4 is 5.32 Å². The number of benzene rings is 1. The van der Waals surface area contributed by atoms with E-state index in [-0.39, 0.29) is 23.9 Å². The van der Waals surface area contributed by atoms with Crippen molar-refractivity contribution in [2.24, 2.45) is 0 Å². The van der Waals surface area contributed by atoms with Gasteiger partial charge >= 0.3 is 6.18 Å². The molecule has 2 rings (SSSR count). The number of hydrogen-bond acceptors (Lipinski definition) is 3. The molecule has 0 saturated carbocycles. The largest absolute Gasteiger partial charge is 0.483 e. The van der Waals surface area contributed by atoms with Crippen molar-refractivity contribution in [2.45, 2.75) is 13.1 Å². The number of allylic oxidation sites excluding steroid dienone is 1. The number of anilines is 1. The van der Waals surface area contributed by atoms with Gasteiger partial charge in [-0.25, -0.2) is 0 Å². The predicted molar refractivity (Wildman–Crippen MR) is 69.8 cm³/mol. The van der Waals surface area contributed by atoms with Crippen LogP contribution in [0.3, 0.4) is 0 Å². The van der Waals surface area contributed by atoms with E-state index in [1.165, 1.54) is 6.07 Å². The number of carbonyl (C=O) groups excluding carboxylic acids is 1. The lowest BCUT2D eigenvalue weighted by Gasteiger charge is -2.22. The SMILES string of the molecule is Cc1ccc(NC(=O)C2=C(C(F)(F)F)OCCO2)c(Cl)c1. The third-order valence-electron chi connectivity index (χ3n) is 2.62. The van der Waals surface area contributed by atoms with Gasteiger partial charge in [-0.05, 0) is 24.6 Å². The maximum Gasteiger partial charge on any atom is 0.453 e. The summed E-state index contributed by atoms with van der Waals surface area (Å²) < 4.78 is 47.6. The van der Waals surface area contributed by atoms with Gasteiger partial charge in [0.1, 0.15) is 13.2 Å². The zero-order valence-electron chi connectivity index (χ0n) is 10.9. The quantitative estimate of drug-likeness (QED) is 0.908. The van der Waals surface area contributed by atoms with Crippen molar-refractivity contribution in [1.29, 1.82) is 0 Å². The summed E-state index contributed by atoms with van der Waals surface area (Å²) in [5, 5.41) is 2.49. The molecular weight excluding hydrogens is 311 g/mol. The molecule has 0 spiro atoms. The molecular formula is C13H11ClF3NO3. The van der Waals surface area contributed by atoms with Crippen LogP contribution in [0.25, 0.3) is 0 Å². The number of amides is 1. The smallest absolute Gasteiger partial charge is 0.453 e. The van der Waals surface area contributed by atoms with Gasteiger partial charge in [0, 0.05) is 0 Å². The van der Waals surface area contributed by atoms with E-state index in [1.807, 2.05) is 0 Å². The fourth-order valence-corrected chi connectivity index (χ4v) is 1.98. The van der Waals surface area contributed by atoms with E-state index in [2.05, 4.69) is 10.1 Å². The van der Waals surface area contributed by atoms with Crippen LogP contribution >= 0.6 is 11.6 Å². The van der Waals surface area contributed by atoms with Gasteiger partial charge in [0.15, 0.2) is 0 Å². The Morgan fingerprint density at radius 3 is 2.57 bits per heavy atom. The molecule has 0 unspecified atom stereocenters. The van der Waals surface area contributed by atoms with E-state index in [1.54, 1.807) is 19.1 Å². The second kappa shape index (κ2) is 5.85. The minimum absolute atomic E-state index is 0.135. The minimum atomic E-state index is -4.80. The number of carbonyl (C=O) groups is 1. The van der Waals surface area contributed by atoms with Gasteiger partial charge in [-0.1, -0.05) is 17.7 Å². The zero-order valence-corrected chi connectivity index (χ0v) is 11.6. The van der Waals surface area contributed by atoms with Crippen molar-refractivity contribution in [1.82, 2.24) is 0 Å². The highest BCUT2D eigenvalue weighted by molar-refractivity contribution is 6.34. The Morgan fingerprint density at radius 2 is 1.95 bits per heavy atom. The number of halogens is 4. The van der Waals surface area contributed by atoms with Crippen LogP contribution in [0.15, 0.2) is 29.7 Å². The number of rotatable bonds is 2. The minimum Gasteiger partial charge on any atom is -0.483 e. The summed E-state index contributed by atoms with van der Waals surface area (Å²) in [4.78, 5) is 11.9. The number of aryl methyl sites for hydroxylation is 1. The Labute approximate surface area is 123 Å². The van der Waals surface area contributed by atoms with Crippen molar-refractivity contribution in [3.63, 3.8) is 0 Å². The Balaban J connectivity index is 2.27. The monoisotopic (exact) mass is 321 g/mol. The van der Waals surface area contributed by atoms with Gasteiger partial charge in [-0.15, -0.1) is 0 Å². The lowest BCUT2D eigenvalue weighted by Crippen LogP contribution is -2.30. The predicted octanol–water partition coefficient (Wildman–Crippen LogP) is 3.41. The fourth-order valence-electron chi connectivity index (χ4n) is 1.70. The van der Waals surface area contributed by atoms with E-state index in [4.69, 9.17) is 16.3 Å². The molecule has 0 aliphatic carbocycles. The molecule has 1 aromatic rings. The molecule has 114 valence electrons. The van der Waals surface area contributed by atoms with E-state index in [0.717, 1.165) is 5.56 Å². The highest BCUT2D eigenvalue weighted by Crippen LogP contribution is 2.32. The zero-order chi connectivity index (χ0) is 15.6. The van der Waals surface area contributed by atoms with Crippen LogP contribution in [-0.4, -0.2) is 25.3 Å². The molecule has 8 heteroatoms. The summed E-state index contributed by atoms with van der Waals surface area (Å²) in [6.45, 7) is 1.39. The summed E-state index contributed by atoms with van der Waals surface area (Å²) in [6, 6.07) is 4.74. The van der Waals surface area contributed by atoms with E-state index >= 15 is 0 Å². The average molecular weight is 322 g/mol. The lowest BCUT2D eigenvalue weighted by atomic mass is 10.2. The van der Waals surface area contributed by atoms with Crippen LogP contribution in [0.4, 0.5) is 18.9 Å². The van der Waals surface area contributed by atoms with Crippen molar-refractivity contribution < 1.29 is 27.4 Å². The van der Waals surface area contributed by atoms with Crippen LogP contribution in [0.1, 0.15) is 5.56 Å². The summed E-state index contributed by atoms with van der Waals surface area (Å²) in [7, 11) is 0. The Bertz CT molecular complexity index is 599. The van der Waals surface area contributed by atoms with Crippen molar-refractivity contribution in [2.75, 3.05) is 18.5 Å². The first-order valence-corrected chi connectivity index (χ1v) is 6.31. The third kappa shape index (κ3) is 3.60. The highest BCUT2D eigenvalue weighted by atomic mass is 35.5. The third-order valence-corrected chi connectivity index (χ3v) is 2.93. The molecule has 0 fully saturated rings. The molecule has 4 nitrogen and oxygen atoms in total. The van der Waals surface area contributed by atoms with Gasteiger partial charge in [0.2, 0.25) is 11.5 Å². The lowest BCUT2D eigenvalue weighted by molar-refractivity contribution is -0.151. The maximum absolute atomic E-state index is 12.8. The van der Waals surface area contributed by atoms with Crippen LogP contribution in [-0.2, 0) is 14.3 Å². The standard InChI is InChI=1S/C13H11ClF3NO3/c1-7-2-3-9(8(14)6-7)18-12(19)10-11(13(15,16)17)21-5-4-20-10/h2-3,6H,4-5H2,1H3,(H,18,19). The van der Waals surface area contributed by atoms with Gasteiger partial charge in [0.05, 0.1) is 10.7 Å². The van der Waals surface area contributed by atoms with Crippen molar-refractivity contribution >= 4 is 23.2 Å². The van der Waals surface area contributed by atoms with Crippen molar-refractivity contribution in [3.8, 4) is 0 Å². The second-order valence-corrected chi connectivity index (χ2v) is 4.70. The number of nitrogens with one attached hydrogen (secondary N) is 1. The van der Waals surface area contributed by atoms with E-state index < -0.39 is 23.6 Å². The maximum atomic E-state index is 12.8. The summed E-state index contributed by atoms with van der Waals surface area (Å²) in [6.07, 6.45) is -4.80. The molecule has 1 aliphatic rings. The summed E-state index contributed by atoms with van der Waals surface area (Å²) in [5.41, 5.74) is 1.04. The molecule has 1 amide bonds. The van der Waals surface area contributed by atoms with Gasteiger partial charge in [-0.3, -0.25) is 4.79 Å². The van der Waals surface area contributed by atoms with Crippen LogP contribution in [0, 0.1) is 6.92 Å². The fraction of sp³-hybridized carbons (Fsp3) is 0.308. The molecule has 1 heterocycles. The molecule has 1 aliphatic heterocycles. The molecule has 0 saturated heterocycles. The molecule has 0 radical (unpaired) electrons. The molecule has 21 heavy (non-hydrogen) atoms. The molecule has 0 atom stereocenters. The van der Waals surface area contributed by atoms with Crippen molar-refractivity contribution in [3.05, 3.63) is 40.3 Å². The number of ether oxygens (including phenoxy) is 2. The molecule has 0 aromatic heterocycles. The van der Waals surface area contributed by atoms with Gasteiger partial charge in [-0.2, -0.15) is 13.2 Å². The first-order chi connectivity index (χ1) is 9.79.